The number of benzene rings is 1. The minimum atomic E-state index is -0.689. The molecule has 20 heavy (non-hydrogen) atoms. The summed E-state index contributed by atoms with van der Waals surface area (Å²) in [6.07, 6.45) is 1.62. The van der Waals surface area contributed by atoms with Gasteiger partial charge in [-0.25, -0.2) is 4.98 Å². The molecule has 0 saturated carbocycles. The van der Waals surface area contributed by atoms with Gasteiger partial charge in [-0.1, -0.05) is 23.2 Å². The molecule has 0 bridgehead atoms. The van der Waals surface area contributed by atoms with E-state index in [1.807, 2.05) is 0 Å². The maximum absolute atomic E-state index is 11.9. The van der Waals surface area contributed by atoms with Crippen LogP contribution in [-0.4, -0.2) is 15.8 Å². The van der Waals surface area contributed by atoms with Crippen molar-refractivity contribution in [1.29, 1.82) is 0 Å². The lowest BCUT2D eigenvalue weighted by Gasteiger charge is -2.05. The Kier molecular flexibility index (Phi) is 4.53. The first-order valence-electron chi connectivity index (χ1n) is 5.29. The largest absolute Gasteiger partial charge is 0.346 e. The van der Waals surface area contributed by atoms with Crippen LogP contribution in [0.4, 0.5) is 5.69 Å². The van der Waals surface area contributed by atoms with Gasteiger partial charge in [0.25, 0.3) is 11.6 Å². The first kappa shape index (κ1) is 14.7. The lowest BCUT2D eigenvalue weighted by Crippen LogP contribution is -2.22. The monoisotopic (exact) mass is 331 g/mol. The number of carbonyl (C=O) groups excluding carboxylic acids is 1. The summed E-state index contributed by atoms with van der Waals surface area (Å²) in [6.45, 7) is 0.241. The Bertz CT molecular complexity index is 661. The van der Waals surface area contributed by atoms with Crippen molar-refractivity contribution in [3.63, 3.8) is 0 Å². The molecule has 0 radical (unpaired) electrons. The summed E-state index contributed by atoms with van der Waals surface area (Å²) < 4.78 is 0. The molecule has 0 aliphatic rings. The molecule has 0 saturated heterocycles. The number of rotatable bonds is 4. The molecule has 0 aliphatic carbocycles. The lowest BCUT2D eigenvalue weighted by molar-refractivity contribution is -0.384. The molecule has 0 aliphatic heterocycles. The highest BCUT2D eigenvalue weighted by Gasteiger charge is 2.20. The van der Waals surface area contributed by atoms with Crippen LogP contribution in [0.2, 0.25) is 10.0 Å². The third-order valence-corrected chi connectivity index (χ3v) is 3.92. The maximum atomic E-state index is 11.9. The van der Waals surface area contributed by atoms with Crippen molar-refractivity contribution in [3.8, 4) is 0 Å². The van der Waals surface area contributed by atoms with E-state index in [2.05, 4.69) is 10.3 Å². The minimum Gasteiger partial charge on any atom is -0.346 e. The zero-order valence-electron chi connectivity index (χ0n) is 9.80. The number of aromatic nitrogens is 1. The van der Waals surface area contributed by atoms with Crippen molar-refractivity contribution in [2.45, 2.75) is 6.54 Å². The SMILES string of the molecule is O=C(NCc1nccs1)c1cc(Cl)c(Cl)c([N+](=O)[O-])c1. The van der Waals surface area contributed by atoms with Gasteiger partial charge in [-0.2, -0.15) is 0 Å². The van der Waals surface area contributed by atoms with Crippen LogP contribution >= 0.6 is 34.5 Å². The fourth-order valence-electron chi connectivity index (χ4n) is 1.44. The normalized spacial score (nSPS) is 10.3. The van der Waals surface area contributed by atoms with Gasteiger partial charge in [-0.3, -0.25) is 14.9 Å². The maximum Gasteiger partial charge on any atom is 0.290 e. The van der Waals surface area contributed by atoms with E-state index in [-0.39, 0.29) is 22.2 Å². The fraction of sp³-hybridized carbons (Fsp3) is 0.0909. The number of nitrogens with one attached hydrogen (secondary N) is 1. The Labute approximate surface area is 127 Å². The molecule has 2 aromatic rings. The third-order valence-electron chi connectivity index (χ3n) is 2.35. The standard InChI is InChI=1S/C11H7Cl2N3O3S/c12-7-3-6(4-8(10(7)13)16(18)19)11(17)15-5-9-14-1-2-20-9/h1-4H,5H2,(H,15,17). The highest BCUT2D eigenvalue weighted by Crippen LogP contribution is 2.33. The predicted molar refractivity (Wildman–Crippen MR) is 76.4 cm³/mol. The summed E-state index contributed by atoms with van der Waals surface area (Å²) in [6, 6.07) is 2.37. The number of nitrogens with zero attached hydrogens (tertiary/aromatic N) is 2. The Morgan fingerprint density at radius 2 is 2.20 bits per heavy atom. The van der Waals surface area contributed by atoms with Gasteiger partial charge in [0.2, 0.25) is 0 Å². The second-order valence-corrected chi connectivity index (χ2v) is 5.42. The van der Waals surface area contributed by atoms with Gasteiger partial charge in [-0.15, -0.1) is 11.3 Å². The van der Waals surface area contributed by atoms with Crippen LogP contribution in [0, 0.1) is 10.1 Å². The minimum absolute atomic E-state index is 0.0414. The van der Waals surface area contributed by atoms with Crippen molar-refractivity contribution in [1.82, 2.24) is 10.3 Å². The van der Waals surface area contributed by atoms with Gasteiger partial charge in [-0.05, 0) is 6.07 Å². The van der Waals surface area contributed by atoms with Crippen molar-refractivity contribution in [2.75, 3.05) is 0 Å². The van der Waals surface area contributed by atoms with Crippen LogP contribution in [0.5, 0.6) is 0 Å². The summed E-state index contributed by atoms with van der Waals surface area (Å²) in [4.78, 5) is 26.1. The van der Waals surface area contributed by atoms with Crippen molar-refractivity contribution >= 4 is 46.1 Å². The Morgan fingerprint density at radius 3 is 2.80 bits per heavy atom. The number of hydrogen-bond donors (Lipinski definition) is 1. The smallest absolute Gasteiger partial charge is 0.290 e. The van der Waals surface area contributed by atoms with E-state index in [1.54, 1.807) is 11.6 Å². The van der Waals surface area contributed by atoms with E-state index in [0.29, 0.717) is 0 Å². The molecule has 1 amide bonds. The summed E-state index contributed by atoms with van der Waals surface area (Å²) in [5.74, 6) is -0.484. The average molecular weight is 332 g/mol. The van der Waals surface area contributed by atoms with Crippen LogP contribution in [0.15, 0.2) is 23.7 Å². The number of halogens is 2. The van der Waals surface area contributed by atoms with Crippen LogP contribution in [0.3, 0.4) is 0 Å². The lowest BCUT2D eigenvalue weighted by atomic mass is 10.2. The van der Waals surface area contributed by atoms with Gasteiger partial charge in [0.05, 0.1) is 16.5 Å². The summed E-state index contributed by atoms with van der Waals surface area (Å²) in [7, 11) is 0. The molecule has 2 rings (SSSR count). The van der Waals surface area contributed by atoms with Crippen molar-refractivity contribution in [3.05, 3.63) is 54.4 Å². The number of hydrogen-bond acceptors (Lipinski definition) is 5. The molecule has 9 heteroatoms. The molecule has 6 nitrogen and oxygen atoms in total. The Balaban J connectivity index is 2.19. The van der Waals surface area contributed by atoms with Gasteiger partial charge in [0, 0.05) is 23.2 Å². The first-order valence-corrected chi connectivity index (χ1v) is 6.92. The zero-order valence-corrected chi connectivity index (χ0v) is 12.1. The second kappa shape index (κ2) is 6.17. The molecule has 1 heterocycles. The molecule has 104 valence electrons. The molecule has 1 N–H and O–H groups in total. The number of nitro groups is 1. The van der Waals surface area contributed by atoms with Crippen LogP contribution in [-0.2, 0) is 6.54 Å². The zero-order chi connectivity index (χ0) is 14.7. The molecule has 0 spiro atoms. The Morgan fingerprint density at radius 1 is 1.45 bits per heavy atom. The molecule has 1 aromatic heterocycles. The predicted octanol–water partition coefficient (Wildman–Crippen LogP) is 3.29. The van der Waals surface area contributed by atoms with E-state index in [0.717, 1.165) is 11.1 Å². The first-order chi connectivity index (χ1) is 9.49. The molecule has 1 aromatic carbocycles. The molecular weight excluding hydrogens is 325 g/mol. The quantitative estimate of drug-likeness (QED) is 0.688. The highest BCUT2D eigenvalue weighted by molar-refractivity contribution is 7.09. The van der Waals surface area contributed by atoms with Gasteiger partial charge in [0.15, 0.2) is 0 Å². The Hall–Kier alpha value is -1.70. The molecule has 0 unspecified atom stereocenters. The van der Waals surface area contributed by atoms with E-state index >= 15 is 0 Å². The molecule has 0 atom stereocenters. The van der Waals surface area contributed by atoms with Crippen molar-refractivity contribution < 1.29 is 9.72 Å². The average Bonchev–Trinajstić information content (AvgIpc) is 2.91. The molecular formula is C11H7Cl2N3O3S. The van der Waals surface area contributed by atoms with Crippen molar-refractivity contribution in [2.24, 2.45) is 0 Å². The number of carbonyl (C=O) groups is 1. The summed E-state index contributed by atoms with van der Waals surface area (Å²) >= 11 is 12.9. The summed E-state index contributed by atoms with van der Waals surface area (Å²) in [5, 5.41) is 15.7. The van der Waals surface area contributed by atoms with E-state index in [1.165, 1.54) is 17.4 Å². The molecule has 0 fully saturated rings. The van der Waals surface area contributed by atoms with Crippen LogP contribution < -0.4 is 5.32 Å². The topological polar surface area (TPSA) is 85.1 Å². The second-order valence-electron chi connectivity index (χ2n) is 3.66. The number of amides is 1. The number of nitro benzene ring substituents is 1. The summed E-state index contributed by atoms with van der Waals surface area (Å²) in [5.41, 5.74) is -0.332. The van der Waals surface area contributed by atoms with Crippen LogP contribution in [0.25, 0.3) is 0 Å². The third kappa shape index (κ3) is 3.24. The van der Waals surface area contributed by atoms with Gasteiger partial charge in [0.1, 0.15) is 10.0 Å². The fourth-order valence-corrected chi connectivity index (χ4v) is 2.39. The van der Waals surface area contributed by atoms with Crippen LogP contribution in [0.1, 0.15) is 15.4 Å². The number of thiazole rings is 1. The van der Waals surface area contributed by atoms with E-state index < -0.39 is 16.5 Å². The van der Waals surface area contributed by atoms with Gasteiger partial charge >= 0.3 is 0 Å². The van der Waals surface area contributed by atoms with E-state index in [9.17, 15) is 14.9 Å². The highest BCUT2D eigenvalue weighted by atomic mass is 35.5. The van der Waals surface area contributed by atoms with E-state index in [4.69, 9.17) is 23.2 Å². The van der Waals surface area contributed by atoms with Gasteiger partial charge < -0.3 is 5.32 Å².